The molecule has 1 N–H and O–H groups in total. The summed E-state index contributed by atoms with van der Waals surface area (Å²) in [7, 11) is 0. The number of aliphatic hydroxyl groups is 1. The van der Waals surface area contributed by atoms with Crippen LogP contribution < -0.4 is 9.47 Å². The van der Waals surface area contributed by atoms with E-state index < -0.39 is 0 Å². The zero-order valence-corrected chi connectivity index (χ0v) is 10.2. The lowest BCUT2D eigenvalue weighted by molar-refractivity contribution is 0.258. The number of rotatable bonds is 6. The molecule has 16 heavy (non-hydrogen) atoms. The molecule has 0 aliphatic carbocycles. The van der Waals surface area contributed by atoms with Gasteiger partial charge in [-0.15, -0.1) is 0 Å². The summed E-state index contributed by atoms with van der Waals surface area (Å²) in [6.07, 6.45) is 0. The first-order chi connectivity index (χ1) is 7.74. The van der Waals surface area contributed by atoms with Crippen LogP contribution in [0.25, 0.3) is 0 Å². The third kappa shape index (κ3) is 2.89. The van der Waals surface area contributed by atoms with E-state index in [1.807, 2.05) is 39.0 Å². The SMILES string of the molecule is CCOc1cccc(OCC)c1C(C)CO. The fourth-order valence-electron chi connectivity index (χ4n) is 1.66. The van der Waals surface area contributed by atoms with Crippen LogP contribution in [0.1, 0.15) is 32.3 Å². The largest absolute Gasteiger partial charge is 0.493 e. The second-order valence-corrected chi connectivity index (χ2v) is 3.62. The van der Waals surface area contributed by atoms with Crippen LogP contribution in [0.2, 0.25) is 0 Å². The Balaban J connectivity index is 3.11. The van der Waals surface area contributed by atoms with Gasteiger partial charge in [0.2, 0.25) is 0 Å². The number of hydrogen-bond acceptors (Lipinski definition) is 3. The van der Waals surface area contributed by atoms with Gasteiger partial charge in [-0.1, -0.05) is 13.0 Å². The van der Waals surface area contributed by atoms with Crippen LogP contribution in [0.5, 0.6) is 11.5 Å². The summed E-state index contributed by atoms with van der Waals surface area (Å²) in [5.74, 6) is 1.62. The first kappa shape index (κ1) is 12.8. The first-order valence-corrected chi connectivity index (χ1v) is 5.73. The highest BCUT2D eigenvalue weighted by Gasteiger charge is 2.16. The summed E-state index contributed by atoms with van der Waals surface area (Å²) in [6.45, 7) is 7.16. The predicted molar refractivity (Wildman–Crippen MR) is 64.3 cm³/mol. The molecule has 0 saturated carbocycles. The van der Waals surface area contributed by atoms with Crippen molar-refractivity contribution in [1.82, 2.24) is 0 Å². The number of aliphatic hydroxyl groups excluding tert-OH is 1. The van der Waals surface area contributed by atoms with Gasteiger partial charge in [-0.2, -0.15) is 0 Å². The third-order valence-electron chi connectivity index (χ3n) is 2.39. The second kappa shape index (κ2) is 6.38. The van der Waals surface area contributed by atoms with Crippen LogP contribution in [-0.4, -0.2) is 24.9 Å². The van der Waals surface area contributed by atoms with Crippen molar-refractivity contribution in [2.24, 2.45) is 0 Å². The minimum Gasteiger partial charge on any atom is -0.493 e. The molecule has 0 aromatic heterocycles. The van der Waals surface area contributed by atoms with Gasteiger partial charge in [-0.05, 0) is 26.0 Å². The normalized spacial score (nSPS) is 12.2. The number of ether oxygens (including phenoxy) is 2. The van der Waals surface area contributed by atoms with Crippen LogP contribution in [0, 0.1) is 0 Å². The molecule has 0 bridgehead atoms. The van der Waals surface area contributed by atoms with Gasteiger partial charge in [0.05, 0.1) is 13.2 Å². The molecule has 0 saturated heterocycles. The van der Waals surface area contributed by atoms with E-state index in [9.17, 15) is 5.11 Å². The molecule has 0 heterocycles. The van der Waals surface area contributed by atoms with Gasteiger partial charge >= 0.3 is 0 Å². The fraction of sp³-hybridized carbons (Fsp3) is 0.538. The Morgan fingerprint density at radius 1 is 1.12 bits per heavy atom. The van der Waals surface area contributed by atoms with Crippen molar-refractivity contribution in [3.63, 3.8) is 0 Å². The van der Waals surface area contributed by atoms with Gasteiger partial charge in [0.15, 0.2) is 0 Å². The highest BCUT2D eigenvalue weighted by atomic mass is 16.5. The van der Waals surface area contributed by atoms with E-state index in [0.29, 0.717) is 13.2 Å². The molecule has 90 valence electrons. The molecule has 1 rings (SSSR count). The molecule has 0 amide bonds. The minimum atomic E-state index is 0.0179. The first-order valence-electron chi connectivity index (χ1n) is 5.73. The van der Waals surface area contributed by atoms with E-state index in [4.69, 9.17) is 9.47 Å². The molecule has 1 unspecified atom stereocenters. The fourth-order valence-corrected chi connectivity index (χ4v) is 1.66. The summed E-state index contributed by atoms with van der Waals surface area (Å²) < 4.78 is 11.1. The van der Waals surface area contributed by atoms with Gasteiger partial charge in [-0.25, -0.2) is 0 Å². The highest BCUT2D eigenvalue weighted by Crippen LogP contribution is 2.35. The van der Waals surface area contributed by atoms with Gasteiger partial charge < -0.3 is 14.6 Å². The molecule has 1 aromatic carbocycles. The summed E-state index contributed by atoms with van der Waals surface area (Å²) in [5, 5.41) is 9.26. The predicted octanol–water partition coefficient (Wildman–Crippen LogP) is 2.58. The Kier molecular flexibility index (Phi) is 5.12. The minimum absolute atomic E-state index is 0.0179. The van der Waals surface area contributed by atoms with E-state index in [1.165, 1.54) is 0 Å². The van der Waals surface area contributed by atoms with Gasteiger partial charge in [0, 0.05) is 18.1 Å². The van der Waals surface area contributed by atoms with Crippen molar-refractivity contribution < 1.29 is 14.6 Å². The van der Waals surface area contributed by atoms with Crippen molar-refractivity contribution in [3.05, 3.63) is 23.8 Å². The molecule has 0 aliphatic heterocycles. The van der Waals surface area contributed by atoms with E-state index in [-0.39, 0.29) is 12.5 Å². The summed E-state index contributed by atoms with van der Waals surface area (Å²) in [5.41, 5.74) is 0.953. The molecule has 3 heteroatoms. The van der Waals surface area contributed by atoms with Crippen molar-refractivity contribution in [1.29, 1.82) is 0 Å². The van der Waals surface area contributed by atoms with Gasteiger partial charge in [0.25, 0.3) is 0 Å². The molecular weight excluding hydrogens is 204 g/mol. The summed E-state index contributed by atoms with van der Waals surface area (Å²) in [4.78, 5) is 0. The van der Waals surface area contributed by atoms with Crippen LogP contribution in [-0.2, 0) is 0 Å². The van der Waals surface area contributed by atoms with Crippen LogP contribution >= 0.6 is 0 Å². The van der Waals surface area contributed by atoms with E-state index >= 15 is 0 Å². The Labute approximate surface area is 97.0 Å². The lowest BCUT2D eigenvalue weighted by Crippen LogP contribution is -2.07. The van der Waals surface area contributed by atoms with E-state index in [1.54, 1.807) is 0 Å². The summed E-state index contributed by atoms with van der Waals surface area (Å²) >= 11 is 0. The van der Waals surface area contributed by atoms with Gasteiger partial charge in [0.1, 0.15) is 11.5 Å². The van der Waals surface area contributed by atoms with Crippen LogP contribution in [0.3, 0.4) is 0 Å². The number of hydrogen-bond donors (Lipinski definition) is 1. The maximum absolute atomic E-state index is 9.26. The third-order valence-corrected chi connectivity index (χ3v) is 2.39. The Bertz CT molecular complexity index is 299. The Hall–Kier alpha value is -1.22. The van der Waals surface area contributed by atoms with Gasteiger partial charge in [-0.3, -0.25) is 0 Å². The maximum Gasteiger partial charge on any atom is 0.126 e. The second-order valence-electron chi connectivity index (χ2n) is 3.62. The quantitative estimate of drug-likeness (QED) is 0.807. The average Bonchev–Trinajstić information content (AvgIpc) is 2.29. The topological polar surface area (TPSA) is 38.7 Å². The van der Waals surface area contributed by atoms with Crippen molar-refractivity contribution in [2.75, 3.05) is 19.8 Å². The lowest BCUT2D eigenvalue weighted by atomic mass is 10.00. The van der Waals surface area contributed by atoms with Crippen LogP contribution in [0.4, 0.5) is 0 Å². The zero-order chi connectivity index (χ0) is 12.0. The Morgan fingerprint density at radius 2 is 1.62 bits per heavy atom. The molecule has 0 fully saturated rings. The van der Waals surface area contributed by atoms with Crippen molar-refractivity contribution >= 4 is 0 Å². The van der Waals surface area contributed by atoms with Crippen LogP contribution in [0.15, 0.2) is 18.2 Å². The van der Waals surface area contributed by atoms with Crippen molar-refractivity contribution in [3.8, 4) is 11.5 Å². The molecule has 0 spiro atoms. The average molecular weight is 224 g/mol. The molecule has 3 nitrogen and oxygen atoms in total. The molecule has 0 aliphatic rings. The molecular formula is C13H20O3. The smallest absolute Gasteiger partial charge is 0.126 e. The highest BCUT2D eigenvalue weighted by molar-refractivity contribution is 5.47. The van der Waals surface area contributed by atoms with E-state index in [2.05, 4.69) is 0 Å². The van der Waals surface area contributed by atoms with Crippen molar-refractivity contribution in [2.45, 2.75) is 26.7 Å². The molecule has 1 atom stereocenters. The monoisotopic (exact) mass is 224 g/mol. The standard InChI is InChI=1S/C13H20O3/c1-4-15-11-7-6-8-12(16-5-2)13(11)10(3)9-14/h6-8,10,14H,4-5,9H2,1-3H3. The summed E-state index contributed by atoms with van der Waals surface area (Å²) in [6, 6.07) is 5.73. The lowest BCUT2D eigenvalue weighted by Gasteiger charge is -2.18. The zero-order valence-electron chi connectivity index (χ0n) is 10.2. The molecule has 1 aromatic rings. The maximum atomic E-state index is 9.26. The number of benzene rings is 1. The Morgan fingerprint density at radius 3 is 2.00 bits per heavy atom. The van der Waals surface area contributed by atoms with E-state index in [0.717, 1.165) is 17.1 Å². The molecule has 0 radical (unpaired) electrons.